The van der Waals surface area contributed by atoms with Crippen LogP contribution in [0.15, 0.2) is 48.5 Å². The van der Waals surface area contributed by atoms with Crippen molar-refractivity contribution in [1.82, 2.24) is 14.7 Å². The molecule has 0 N–H and O–H groups in total. The van der Waals surface area contributed by atoms with Gasteiger partial charge in [-0.05, 0) is 35.6 Å². The zero-order valence-electron chi connectivity index (χ0n) is 16.9. The summed E-state index contributed by atoms with van der Waals surface area (Å²) in [7, 11) is 0. The maximum atomic E-state index is 12.3. The molecular formula is C24H28N4O. The Labute approximate surface area is 173 Å². The second kappa shape index (κ2) is 9.21. The van der Waals surface area contributed by atoms with Crippen LogP contribution in [0.1, 0.15) is 24.0 Å². The van der Waals surface area contributed by atoms with E-state index in [1.54, 1.807) is 0 Å². The average molecular weight is 389 g/mol. The second-order valence-corrected chi connectivity index (χ2v) is 7.99. The molecule has 2 heterocycles. The molecule has 2 fully saturated rings. The van der Waals surface area contributed by atoms with Crippen LogP contribution >= 0.6 is 0 Å². The van der Waals surface area contributed by atoms with Gasteiger partial charge in [-0.2, -0.15) is 5.26 Å². The Balaban J connectivity index is 1.28. The van der Waals surface area contributed by atoms with Crippen molar-refractivity contribution in [2.45, 2.75) is 19.4 Å². The van der Waals surface area contributed by atoms with Crippen molar-refractivity contribution in [2.24, 2.45) is 0 Å². The van der Waals surface area contributed by atoms with Gasteiger partial charge in [0.15, 0.2) is 0 Å². The third-order valence-corrected chi connectivity index (χ3v) is 6.00. The molecule has 4 rings (SSSR count). The highest BCUT2D eigenvalue weighted by molar-refractivity contribution is 5.78. The number of piperazine rings is 1. The highest BCUT2D eigenvalue weighted by Crippen LogP contribution is 2.24. The average Bonchev–Trinajstić information content (AvgIpc) is 3.31. The molecular weight excluding hydrogens is 360 g/mol. The van der Waals surface area contributed by atoms with E-state index in [4.69, 9.17) is 0 Å². The quantitative estimate of drug-likeness (QED) is 0.790. The van der Waals surface area contributed by atoms with Gasteiger partial charge in [-0.25, -0.2) is 0 Å². The molecule has 0 aromatic heterocycles. The molecule has 0 saturated carbocycles. The summed E-state index contributed by atoms with van der Waals surface area (Å²) < 4.78 is 0. The molecule has 2 saturated heterocycles. The van der Waals surface area contributed by atoms with Crippen molar-refractivity contribution in [2.75, 3.05) is 45.8 Å². The van der Waals surface area contributed by atoms with Crippen LogP contribution in [0.25, 0.3) is 11.1 Å². The topological polar surface area (TPSA) is 50.6 Å². The summed E-state index contributed by atoms with van der Waals surface area (Å²) >= 11 is 0. The Morgan fingerprint density at radius 1 is 0.862 bits per heavy atom. The highest BCUT2D eigenvalue weighted by atomic mass is 16.2. The molecule has 2 aromatic carbocycles. The zero-order valence-corrected chi connectivity index (χ0v) is 16.9. The van der Waals surface area contributed by atoms with Crippen LogP contribution < -0.4 is 0 Å². The predicted molar refractivity (Wildman–Crippen MR) is 114 cm³/mol. The van der Waals surface area contributed by atoms with Crippen molar-refractivity contribution in [3.05, 3.63) is 59.7 Å². The summed E-state index contributed by atoms with van der Waals surface area (Å²) in [5.41, 5.74) is 4.05. The lowest BCUT2D eigenvalue weighted by Gasteiger charge is -2.35. The van der Waals surface area contributed by atoms with Gasteiger partial charge < -0.3 is 4.90 Å². The van der Waals surface area contributed by atoms with E-state index < -0.39 is 0 Å². The van der Waals surface area contributed by atoms with Gasteiger partial charge >= 0.3 is 0 Å². The van der Waals surface area contributed by atoms with Crippen molar-refractivity contribution >= 4 is 5.91 Å². The molecule has 0 atom stereocenters. The minimum atomic E-state index is 0.296. The first kappa shape index (κ1) is 19.6. The summed E-state index contributed by atoms with van der Waals surface area (Å²) in [6.45, 7) is 7.26. The molecule has 1 amide bonds. The molecule has 2 aliphatic rings. The lowest BCUT2D eigenvalue weighted by atomic mass is 9.99. The summed E-state index contributed by atoms with van der Waals surface area (Å²) in [5, 5.41) is 9.30. The molecule has 150 valence electrons. The van der Waals surface area contributed by atoms with Crippen LogP contribution in [0.5, 0.6) is 0 Å². The third-order valence-electron chi connectivity index (χ3n) is 6.00. The fourth-order valence-corrected chi connectivity index (χ4v) is 4.24. The standard InChI is InChI=1S/C24H28N4O/c25-17-22-5-1-2-6-23(22)21-9-7-20(8-10-21)18-26-13-15-27(16-14-26)19-24(29)28-11-3-4-12-28/h1-2,5-10H,3-4,11-16,18-19H2. The van der Waals surface area contributed by atoms with Gasteiger partial charge in [0, 0.05) is 45.8 Å². The summed E-state index contributed by atoms with van der Waals surface area (Å²) in [6, 6.07) is 18.5. The van der Waals surface area contributed by atoms with E-state index >= 15 is 0 Å². The molecule has 2 aliphatic heterocycles. The molecule has 0 radical (unpaired) electrons. The zero-order chi connectivity index (χ0) is 20.1. The minimum absolute atomic E-state index is 0.296. The van der Waals surface area contributed by atoms with E-state index in [0.29, 0.717) is 18.0 Å². The SMILES string of the molecule is N#Cc1ccccc1-c1ccc(CN2CCN(CC(=O)N3CCCC3)CC2)cc1. The van der Waals surface area contributed by atoms with Crippen LogP contribution in [0.3, 0.4) is 0 Å². The molecule has 29 heavy (non-hydrogen) atoms. The smallest absolute Gasteiger partial charge is 0.236 e. The van der Waals surface area contributed by atoms with E-state index in [1.807, 2.05) is 29.2 Å². The van der Waals surface area contributed by atoms with E-state index in [0.717, 1.165) is 69.8 Å². The Morgan fingerprint density at radius 3 is 2.21 bits per heavy atom. The van der Waals surface area contributed by atoms with Gasteiger partial charge in [-0.3, -0.25) is 14.6 Å². The number of nitriles is 1. The van der Waals surface area contributed by atoms with Gasteiger partial charge in [0.05, 0.1) is 18.2 Å². The summed E-state index contributed by atoms with van der Waals surface area (Å²) in [6.07, 6.45) is 2.31. The monoisotopic (exact) mass is 388 g/mol. The number of carbonyl (C=O) groups is 1. The lowest BCUT2D eigenvalue weighted by Crippen LogP contribution is -2.49. The third kappa shape index (κ3) is 4.84. The fraction of sp³-hybridized carbons (Fsp3) is 0.417. The Kier molecular flexibility index (Phi) is 6.24. The first-order chi connectivity index (χ1) is 14.2. The number of carbonyl (C=O) groups excluding carboxylic acids is 1. The molecule has 0 bridgehead atoms. The number of likely N-dealkylation sites (tertiary alicyclic amines) is 1. The van der Waals surface area contributed by atoms with Crippen molar-refractivity contribution in [1.29, 1.82) is 5.26 Å². The minimum Gasteiger partial charge on any atom is -0.342 e. The van der Waals surface area contributed by atoms with Crippen molar-refractivity contribution in [3.63, 3.8) is 0 Å². The number of hydrogen-bond acceptors (Lipinski definition) is 4. The van der Waals surface area contributed by atoms with Gasteiger partial charge in [-0.1, -0.05) is 42.5 Å². The number of rotatable bonds is 5. The number of benzene rings is 2. The maximum Gasteiger partial charge on any atom is 0.236 e. The maximum absolute atomic E-state index is 12.3. The second-order valence-electron chi connectivity index (χ2n) is 7.99. The highest BCUT2D eigenvalue weighted by Gasteiger charge is 2.23. The van der Waals surface area contributed by atoms with E-state index in [2.05, 4.69) is 40.1 Å². The van der Waals surface area contributed by atoms with Crippen LogP contribution in [0.4, 0.5) is 0 Å². The molecule has 0 unspecified atom stereocenters. The molecule has 0 spiro atoms. The summed E-state index contributed by atoms with van der Waals surface area (Å²) in [4.78, 5) is 19.1. The van der Waals surface area contributed by atoms with E-state index in [1.165, 1.54) is 5.56 Å². The van der Waals surface area contributed by atoms with Crippen molar-refractivity contribution in [3.8, 4) is 17.2 Å². The van der Waals surface area contributed by atoms with Crippen LogP contribution in [-0.4, -0.2) is 66.4 Å². The van der Waals surface area contributed by atoms with E-state index in [9.17, 15) is 10.1 Å². The van der Waals surface area contributed by atoms with E-state index in [-0.39, 0.29) is 0 Å². The van der Waals surface area contributed by atoms with Crippen LogP contribution in [0, 0.1) is 11.3 Å². The predicted octanol–water partition coefficient (Wildman–Crippen LogP) is 2.97. The molecule has 0 aliphatic carbocycles. The molecule has 5 heteroatoms. The number of amides is 1. The number of hydrogen-bond donors (Lipinski definition) is 0. The first-order valence-electron chi connectivity index (χ1n) is 10.5. The first-order valence-corrected chi connectivity index (χ1v) is 10.5. The Hall–Kier alpha value is -2.68. The largest absolute Gasteiger partial charge is 0.342 e. The molecule has 2 aromatic rings. The normalized spacial score (nSPS) is 18.0. The Morgan fingerprint density at radius 2 is 1.52 bits per heavy atom. The van der Waals surface area contributed by atoms with Gasteiger partial charge in [-0.15, -0.1) is 0 Å². The van der Waals surface area contributed by atoms with Gasteiger partial charge in [0.2, 0.25) is 5.91 Å². The van der Waals surface area contributed by atoms with Crippen LogP contribution in [-0.2, 0) is 11.3 Å². The van der Waals surface area contributed by atoms with Crippen molar-refractivity contribution < 1.29 is 4.79 Å². The Bertz CT molecular complexity index is 872. The molecule has 5 nitrogen and oxygen atoms in total. The fourth-order valence-electron chi connectivity index (χ4n) is 4.24. The summed E-state index contributed by atoms with van der Waals surface area (Å²) in [5.74, 6) is 0.296. The lowest BCUT2D eigenvalue weighted by molar-refractivity contribution is -0.131. The van der Waals surface area contributed by atoms with Gasteiger partial charge in [0.1, 0.15) is 0 Å². The van der Waals surface area contributed by atoms with Crippen LogP contribution in [0.2, 0.25) is 0 Å². The number of nitrogens with zero attached hydrogens (tertiary/aromatic N) is 4. The van der Waals surface area contributed by atoms with Gasteiger partial charge in [0.25, 0.3) is 0 Å².